The van der Waals surface area contributed by atoms with E-state index in [9.17, 15) is 9.90 Å². The van der Waals surface area contributed by atoms with Crippen molar-refractivity contribution in [1.29, 1.82) is 0 Å². The maximum Gasteiger partial charge on any atom is 0.336 e. The van der Waals surface area contributed by atoms with Crippen molar-refractivity contribution in [3.8, 4) is 11.1 Å². The van der Waals surface area contributed by atoms with Crippen molar-refractivity contribution in [2.75, 3.05) is 32.0 Å². The first-order valence-electron chi connectivity index (χ1n) is 10.9. The molecule has 0 unspecified atom stereocenters. The number of nitrogens with one attached hydrogen (secondary N) is 1. The van der Waals surface area contributed by atoms with Gasteiger partial charge in [0.2, 0.25) is 0 Å². The summed E-state index contributed by atoms with van der Waals surface area (Å²) in [6.07, 6.45) is 5.89. The van der Waals surface area contributed by atoms with E-state index in [-0.39, 0.29) is 0 Å². The molecular formula is C25H30N4O2. The lowest BCUT2D eigenvalue weighted by atomic mass is 9.93. The number of likely N-dealkylation sites (tertiary alicyclic amines) is 1. The van der Waals surface area contributed by atoms with E-state index in [1.54, 1.807) is 12.3 Å². The number of carbonyl (C=O) groups is 1. The number of aromatic nitrogens is 2. The van der Waals surface area contributed by atoms with E-state index in [1.807, 2.05) is 26.1 Å². The molecule has 0 bridgehead atoms. The van der Waals surface area contributed by atoms with Gasteiger partial charge in [-0.15, -0.1) is 0 Å². The lowest BCUT2D eigenvalue weighted by molar-refractivity contribution is 0.0696. The van der Waals surface area contributed by atoms with E-state index in [1.165, 1.54) is 11.1 Å². The molecule has 6 heteroatoms. The zero-order valence-corrected chi connectivity index (χ0v) is 18.7. The molecule has 1 aliphatic heterocycles. The lowest BCUT2D eigenvalue weighted by Crippen LogP contribution is -2.30. The van der Waals surface area contributed by atoms with Gasteiger partial charge < -0.3 is 19.7 Å². The molecule has 1 aliphatic rings. The molecule has 1 saturated heterocycles. The molecule has 3 aromatic rings. The summed E-state index contributed by atoms with van der Waals surface area (Å²) < 4.78 is 2.16. The molecule has 0 aliphatic carbocycles. The van der Waals surface area contributed by atoms with Crippen molar-refractivity contribution < 1.29 is 9.90 Å². The first-order valence-corrected chi connectivity index (χ1v) is 10.9. The van der Waals surface area contributed by atoms with Gasteiger partial charge in [0.15, 0.2) is 0 Å². The highest BCUT2D eigenvalue weighted by Crippen LogP contribution is 2.35. The number of carboxylic acids is 1. The molecular weight excluding hydrogens is 388 g/mol. The van der Waals surface area contributed by atoms with Crippen LogP contribution >= 0.6 is 0 Å². The van der Waals surface area contributed by atoms with Crippen LogP contribution in [0.4, 0.5) is 5.82 Å². The van der Waals surface area contributed by atoms with Crippen LogP contribution in [-0.4, -0.2) is 52.0 Å². The minimum Gasteiger partial charge on any atom is -0.478 e. The van der Waals surface area contributed by atoms with Crippen LogP contribution in [0.15, 0.2) is 42.2 Å². The second-order valence-corrected chi connectivity index (χ2v) is 8.16. The van der Waals surface area contributed by atoms with Gasteiger partial charge >= 0.3 is 5.97 Å². The standard InChI is InChI=1S/C25H30N4O2/c1-5-28-11-7-18(8-12-28)16(2)24-17(3)21(25(30)31)15-22-20(9-13-29(22)24)19-6-10-27-23(14-19)26-4/h6,9-10,13-15H,5,7-8,11-12H2,1-4H3,(H,26,27)(H,30,31). The number of pyridine rings is 2. The fraction of sp³-hybridized carbons (Fsp3) is 0.360. The maximum absolute atomic E-state index is 12.1. The Balaban J connectivity index is 1.92. The first kappa shape index (κ1) is 21.1. The van der Waals surface area contributed by atoms with E-state index in [2.05, 4.69) is 45.7 Å². The van der Waals surface area contributed by atoms with Crippen LogP contribution in [0.2, 0.25) is 0 Å². The van der Waals surface area contributed by atoms with Crippen LogP contribution in [0.25, 0.3) is 22.2 Å². The van der Waals surface area contributed by atoms with Crippen molar-refractivity contribution >= 4 is 22.9 Å². The smallest absolute Gasteiger partial charge is 0.336 e. The van der Waals surface area contributed by atoms with E-state index in [0.717, 1.165) is 66.2 Å². The highest BCUT2D eigenvalue weighted by molar-refractivity contribution is 5.95. The molecule has 0 atom stereocenters. The fourth-order valence-corrected chi connectivity index (χ4v) is 4.68. The number of piperidine rings is 1. The number of hydrogen-bond donors (Lipinski definition) is 2. The Morgan fingerprint density at radius 2 is 1.97 bits per heavy atom. The minimum absolute atomic E-state index is 0.358. The molecule has 0 aromatic carbocycles. The number of nitrogens with zero attached hydrogens (tertiary/aromatic N) is 3. The largest absolute Gasteiger partial charge is 0.478 e. The number of allylic oxidation sites excluding steroid dienone is 1. The zero-order valence-electron chi connectivity index (χ0n) is 18.7. The van der Waals surface area contributed by atoms with Gasteiger partial charge in [-0.05, 0) is 74.2 Å². The highest BCUT2D eigenvalue weighted by Gasteiger charge is 2.22. The number of fused-ring (bicyclic) bond motifs is 1. The van der Waals surface area contributed by atoms with Gasteiger partial charge in [0.1, 0.15) is 5.82 Å². The van der Waals surface area contributed by atoms with Crippen LogP contribution in [0.5, 0.6) is 0 Å². The second kappa shape index (κ2) is 8.55. The Hall–Kier alpha value is -3.12. The molecule has 162 valence electrons. The SMILES string of the molecule is CCN1CCC(=C(C)c2c(C)c(C(=O)O)cc3c(-c4ccnc(NC)c4)ccn23)CC1. The summed E-state index contributed by atoms with van der Waals surface area (Å²) in [5.74, 6) is -0.110. The Morgan fingerprint density at radius 1 is 1.23 bits per heavy atom. The predicted molar refractivity (Wildman–Crippen MR) is 126 cm³/mol. The molecule has 0 radical (unpaired) electrons. The highest BCUT2D eigenvalue weighted by atomic mass is 16.4. The Bertz CT molecular complexity index is 1170. The van der Waals surface area contributed by atoms with Crippen LogP contribution in [0.3, 0.4) is 0 Å². The van der Waals surface area contributed by atoms with E-state index >= 15 is 0 Å². The molecule has 0 spiro atoms. The van der Waals surface area contributed by atoms with E-state index in [0.29, 0.717) is 5.56 Å². The lowest BCUT2D eigenvalue weighted by Gasteiger charge is -2.29. The molecule has 2 N–H and O–H groups in total. The van der Waals surface area contributed by atoms with Crippen molar-refractivity contribution in [1.82, 2.24) is 14.3 Å². The van der Waals surface area contributed by atoms with Gasteiger partial charge in [0.05, 0.1) is 16.8 Å². The van der Waals surface area contributed by atoms with Gasteiger partial charge in [0.25, 0.3) is 0 Å². The summed E-state index contributed by atoms with van der Waals surface area (Å²) in [4.78, 5) is 18.9. The quantitative estimate of drug-likeness (QED) is 0.614. The average Bonchev–Trinajstić information content (AvgIpc) is 3.21. The second-order valence-electron chi connectivity index (χ2n) is 8.16. The first-order chi connectivity index (χ1) is 14.9. The molecule has 6 nitrogen and oxygen atoms in total. The Kier molecular flexibility index (Phi) is 5.83. The van der Waals surface area contributed by atoms with Gasteiger partial charge in [-0.3, -0.25) is 0 Å². The normalized spacial score (nSPS) is 14.8. The summed E-state index contributed by atoms with van der Waals surface area (Å²) >= 11 is 0. The Labute approximate surface area is 183 Å². The van der Waals surface area contributed by atoms with Crippen LogP contribution in [0, 0.1) is 6.92 Å². The summed E-state index contributed by atoms with van der Waals surface area (Å²) in [5.41, 5.74) is 7.71. The molecule has 3 aromatic heterocycles. The zero-order chi connectivity index (χ0) is 22.1. The number of hydrogen-bond acceptors (Lipinski definition) is 4. The third kappa shape index (κ3) is 3.83. The summed E-state index contributed by atoms with van der Waals surface area (Å²) in [7, 11) is 1.84. The van der Waals surface area contributed by atoms with Gasteiger partial charge in [-0.2, -0.15) is 0 Å². The average molecular weight is 419 g/mol. The third-order valence-electron chi connectivity index (χ3n) is 6.56. The van der Waals surface area contributed by atoms with Crippen LogP contribution in [-0.2, 0) is 0 Å². The molecule has 1 fully saturated rings. The number of carboxylic acid groups (broad SMARTS) is 1. The van der Waals surface area contributed by atoms with E-state index < -0.39 is 5.97 Å². The summed E-state index contributed by atoms with van der Waals surface area (Å²) in [6, 6.07) is 7.81. The molecule has 31 heavy (non-hydrogen) atoms. The van der Waals surface area contributed by atoms with Crippen LogP contribution < -0.4 is 5.32 Å². The molecule has 0 saturated carbocycles. The minimum atomic E-state index is -0.891. The predicted octanol–water partition coefficient (Wildman–Crippen LogP) is 4.94. The Morgan fingerprint density at radius 3 is 2.61 bits per heavy atom. The van der Waals surface area contributed by atoms with Crippen molar-refractivity contribution in [2.24, 2.45) is 0 Å². The number of anilines is 1. The monoisotopic (exact) mass is 418 g/mol. The van der Waals surface area contributed by atoms with Crippen molar-refractivity contribution in [3.05, 3.63) is 59.1 Å². The van der Waals surface area contributed by atoms with Crippen molar-refractivity contribution in [3.63, 3.8) is 0 Å². The fourth-order valence-electron chi connectivity index (χ4n) is 4.68. The van der Waals surface area contributed by atoms with E-state index in [4.69, 9.17) is 0 Å². The summed E-state index contributed by atoms with van der Waals surface area (Å²) in [5, 5.41) is 13.0. The van der Waals surface area contributed by atoms with Gasteiger partial charge in [0, 0.05) is 38.1 Å². The molecule has 4 heterocycles. The molecule has 0 amide bonds. The van der Waals surface area contributed by atoms with Gasteiger partial charge in [-0.1, -0.05) is 12.5 Å². The topological polar surface area (TPSA) is 69.9 Å². The van der Waals surface area contributed by atoms with Crippen molar-refractivity contribution in [2.45, 2.75) is 33.6 Å². The molecule has 4 rings (SSSR count). The number of rotatable bonds is 5. The summed E-state index contributed by atoms with van der Waals surface area (Å²) in [6.45, 7) is 9.47. The van der Waals surface area contributed by atoms with Gasteiger partial charge in [-0.25, -0.2) is 9.78 Å². The number of aromatic carboxylic acids is 1. The van der Waals surface area contributed by atoms with Crippen LogP contribution in [0.1, 0.15) is 48.3 Å². The maximum atomic E-state index is 12.1. The third-order valence-corrected chi connectivity index (χ3v) is 6.56.